The number of aliphatic hydroxyl groups is 2. The maximum atomic E-state index is 10.7. The molecule has 6 atom stereocenters. The summed E-state index contributed by atoms with van der Waals surface area (Å²) in [5.41, 5.74) is 1.44. The first-order valence-electron chi connectivity index (χ1n) is 15.0. The molecule has 38 heavy (non-hydrogen) atoms. The number of rotatable bonds is 10. The van der Waals surface area contributed by atoms with Crippen molar-refractivity contribution in [2.24, 2.45) is 33.5 Å². The predicted octanol–water partition coefficient (Wildman–Crippen LogP) is 4.68. The van der Waals surface area contributed by atoms with Gasteiger partial charge < -0.3 is 19.7 Å². The van der Waals surface area contributed by atoms with E-state index in [2.05, 4.69) is 51.3 Å². The molecule has 0 aromatic heterocycles. The Labute approximate surface area is 230 Å². The molecule has 6 heteroatoms. The number of fused-ring (bicyclic) bond motifs is 4. The van der Waals surface area contributed by atoms with Crippen LogP contribution in [0.15, 0.2) is 24.3 Å². The summed E-state index contributed by atoms with van der Waals surface area (Å²) in [6.45, 7) is 20.7. The molecule has 2 aliphatic heterocycles. The third kappa shape index (κ3) is 5.23. The number of aliphatic hydroxyl groups excluding tert-OH is 2. The van der Waals surface area contributed by atoms with Crippen molar-refractivity contribution >= 4 is 0 Å². The van der Waals surface area contributed by atoms with Gasteiger partial charge in [0.1, 0.15) is 36.9 Å². The standard InChI is InChI=1S/C32H52N2O4/c1-29(2)23-11-13-31(29,5)21-33(15-23)17-25(35)19-37-27-7-9-28(10-8-27)38-20-26(36)18-34-16-24-12-14-32(6,22-34)30(24,3)4/h7-10,23-26,35-36H,11-22H2,1-6H3/t23-,24+,25+,26-,31-,32+. The predicted molar refractivity (Wildman–Crippen MR) is 152 cm³/mol. The molecular weight excluding hydrogens is 476 g/mol. The average Bonchev–Trinajstić information content (AvgIpc) is 3.05. The second-order valence-corrected chi connectivity index (χ2v) is 14.8. The Morgan fingerprint density at radius 1 is 0.711 bits per heavy atom. The fourth-order valence-electron chi connectivity index (χ4n) is 8.28. The molecule has 0 spiro atoms. The highest BCUT2D eigenvalue weighted by Crippen LogP contribution is 2.59. The molecule has 2 saturated heterocycles. The highest BCUT2D eigenvalue weighted by molar-refractivity contribution is 5.31. The van der Waals surface area contributed by atoms with Gasteiger partial charge in [-0.05, 0) is 83.4 Å². The Morgan fingerprint density at radius 3 is 1.42 bits per heavy atom. The zero-order valence-corrected chi connectivity index (χ0v) is 24.7. The van der Waals surface area contributed by atoms with E-state index in [0.29, 0.717) is 46.6 Å². The van der Waals surface area contributed by atoms with Gasteiger partial charge in [0.15, 0.2) is 0 Å². The fraction of sp³-hybridized carbons (Fsp3) is 0.812. The number of nitrogens with zero attached hydrogens (tertiary/aromatic N) is 2. The van der Waals surface area contributed by atoms with Crippen LogP contribution in [0.5, 0.6) is 11.5 Å². The number of likely N-dealkylation sites (tertiary alicyclic amines) is 2. The summed E-state index contributed by atoms with van der Waals surface area (Å²) >= 11 is 0. The number of hydrogen-bond acceptors (Lipinski definition) is 6. The van der Waals surface area contributed by atoms with E-state index in [0.717, 1.165) is 37.7 Å². The van der Waals surface area contributed by atoms with Gasteiger partial charge in [-0.25, -0.2) is 0 Å². The maximum Gasteiger partial charge on any atom is 0.119 e. The number of piperidine rings is 2. The van der Waals surface area contributed by atoms with Gasteiger partial charge in [0, 0.05) is 39.3 Å². The van der Waals surface area contributed by atoms with Gasteiger partial charge in [-0.3, -0.25) is 9.80 Å². The van der Waals surface area contributed by atoms with Crippen LogP contribution in [-0.2, 0) is 0 Å². The lowest BCUT2D eigenvalue weighted by atomic mass is 9.63. The smallest absolute Gasteiger partial charge is 0.119 e. The minimum atomic E-state index is -0.511. The van der Waals surface area contributed by atoms with Crippen LogP contribution in [0.3, 0.4) is 0 Å². The average molecular weight is 529 g/mol. The molecule has 2 heterocycles. The van der Waals surface area contributed by atoms with Crippen LogP contribution in [0.25, 0.3) is 0 Å². The van der Waals surface area contributed by atoms with E-state index in [1.807, 2.05) is 24.3 Å². The Balaban J connectivity index is 1.02. The van der Waals surface area contributed by atoms with Crippen LogP contribution in [0.1, 0.15) is 67.2 Å². The van der Waals surface area contributed by atoms with E-state index in [1.165, 1.54) is 25.7 Å². The van der Waals surface area contributed by atoms with E-state index in [1.54, 1.807) is 0 Å². The van der Waals surface area contributed by atoms with Gasteiger partial charge in [-0.1, -0.05) is 41.5 Å². The Kier molecular flexibility index (Phi) is 7.60. The molecule has 0 radical (unpaired) electrons. The molecule has 6 nitrogen and oxygen atoms in total. The topological polar surface area (TPSA) is 65.4 Å². The fourth-order valence-corrected chi connectivity index (χ4v) is 8.28. The van der Waals surface area contributed by atoms with Crippen LogP contribution in [-0.4, -0.2) is 84.7 Å². The van der Waals surface area contributed by atoms with Crippen LogP contribution < -0.4 is 9.47 Å². The molecule has 214 valence electrons. The van der Waals surface area contributed by atoms with Gasteiger partial charge in [0.25, 0.3) is 0 Å². The van der Waals surface area contributed by atoms with Crippen molar-refractivity contribution in [3.05, 3.63) is 24.3 Å². The molecule has 1 aromatic rings. The first kappa shape index (κ1) is 28.2. The van der Waals surface area contributed by atoms with Crippen LogP contribution >= 0.6 is 0 Å². The third-order valence-electron chi connectivity index (χ3n) is 12.0. The number of benzene rings is 1. The highest BCUT2D eigenvalue weighted by atomic mass is 16.5. The molecule has 4 aliphatic rings. The van der Waals surface area contributed by atoms with E-state index in [-0.39, 0.29) is 13.2 Å². The summed E-state index contributed by atoms with van der Waals surface area (Å²) in [6, 6.07) is 7.52. The van der Waals surface area contributed by atoms with Crippen molar-refractivity contribution in [2.75, 3.05) is 52.5 Å². The molecule has 2 N–H and O–H groups in total. The molecule has 4 fully saturated rings. The first-order chi connectivity index (χ1) is 17.8. The lowest BCUT2D eigenvalue weighted by Gasteiger charge is -2.50. The minimum absolute atomic E-state index is 0.284. The summed E-state index contributed by atoms with van der Waals surface area (Å²) in [4.78, 5) is 4.88. The van der Waals surface area contributed by atoms with E-state index in [9.17, 15) is 10.2 Å². The Bertz CT molecular complexity index is 888. The van der Waals surface area contributed by atoms with Gasteiger partial charge >= 0.3 is 0 Å². The molecule has 1 aromatic carbocycles. The van der Waals surface area contributed by atoms with Crippen LogP contribution in [0.2, 0.25) is 0 Å². The SMILES string of the molecule is CC1(C)[C@H]2CC[C@@]1(C)CN(C[C@@H](O)COc1ccc(OC[C@@H](O)CN3C[C@H]4CC[C@](C)(C3)C4(C)C)cc1)C2. The molecule has 2 aliphatic carbocycles. The van der Waals surface area contributed by atoms with Gasteiger partial charge in [0.2, 0.25) is 0 Å². The highest BCUT2D eigenvalue weighted by Gasteiger charge is 2.56. The molecular formula is C32H52N2O4. The normalized spacial score (nSPS) is 35.7. The number of ether oxygens (including phenoxy) is 2. The van der Waals surface area contributed by atoms with Crippen molar-refractivity contribution in [1.82, 2.24) is 9.80 Å². The van der Waals surface area contributed by atoms with Crippen LogP contribution in [0.4, 0.5) is 0 Å². The maximum absolute atomic E-state index is 10.7. The molecule has 2 saturated carbocycles. The van der Waals surface area contributed by atoms with Crippen molar-refractivity contribution in [3.63, 3.8) is 0 Å². The van der Waals surface area contributed by atoms with E-state index < -0.39 is 12.2 Å². The van der Waals surface area contributed by atoms with Gasteiger partial charge in [-0.15, -0.1) is 0 Å². The van der Waals surface area contributed by atoms with Crippen molar-refractivity contribution < 1.29 is 19.7 Å². The third-order valence-corrected chi connectivity index (χ3v) is 12.0. The number of β-amino-alcohol motifs (C(OH)–C–C–N with tert-alkyl or cyclic N) is 2. The lowest BCUT2D eigenvalue weighted by Crippen LogP contribution is -2.54. The largest absolute Gasteiger partial charge is 0.491 e. The summed E-state index contributed by atoms with van der Waals surface area (Å²) in [7, 11) is 0. The van der Waals surface area contributed by atoms with Gasteiger partial charge in [0.05, 0.1) is 0 Å². The van der Waals surface area contributed by atoms with Gasteiger partial charge in [-0.2, -0.15) is 0 Å². The summed E-state index contributed by atoms with van der Waals surface area (Å²) in [6.07, 6.45) is 4.15. The Hall–Kier alpha value is -1.34. The van der Waals surface area contributed by atoms with E-state index in [4.69, 9.17) is 9.47 Å². The van der Waals surface area contributed by atoms with Crippen LogP contribution in [0, 0.1) is 33.5 Å². The second-order valence-electron chi connectivity index (χ2n) is 14.8. The quantitative estimate of drug-likeness (QED) is 0.460. The molecule has 4 bridgehead atoms. The summed E-state index contributed by atoms with van der Waals surface area (Å²) in [5, 5.41) is 21.3. The molecule has 0 amide bonds. The monoisotopic (exact) mass is 528 g/mol. The zero-order chi connectivity index (χ0) is 27.3. The first-order valence-corrected chi connectivity index (χ1v) is 15.0. The van der Waals surface area contributed by atoms with Crippen molar-refractivity contribution in [1.29, 1.82) is 0 Å². The minimum Gasteiger partial charge on any atom is -0.491 e. The summed E-state index contributed by atoms with van der Waals surface area (Å²) in [5.74, 6) is 2.88. The van der Waals surface area contributed by atoms with Crippen molar-refractivity contribution in [2.45, 2.75) is 79.4 Å². The lowest BCUT2D eigenvalue weighted by molar-refractivity contribution is -0.0381. The summed E-state index contributed by atoms with van der Waals surface area (Å²) < 4.78 is 11.8. The zero-order valence-electron chi connectivity index (χ0n) is 24.7. The molecule has 0 unspecified atom stereocenters. The number of hydrogen-bond donors (Lipinski definition) is 2. The second kappa shape index (κ2) is 10.2. The van der Waals surface area contributed by atoms with Crippen molar-refractivity contribution in [3.8, 4) is 11.5 Å². The Morgan fingerprint density at radius 2 is 1.08 bits per heavy atom. The van der Waals surface area contributed by atoms with E-state index >= 15 is 0 Å². The molecule has 5 rings (SSSR count).